The van der Waals surface area contributed by atoms with Crippen LogP contribution in [0.25, 0.3) is 11.1 Å². The number of rotatable bonds is 5. The Morgan fingerprint density at radius 2 is 1.29 bits per heavy atom. The van der Waals surface area contributed by atoms with Gasteiger partial charge in [-0.1, -0.05) is 84.9 Å². The van der Waals surface area contributed by atoms with Crippen LogP contribution in [0.3, 0.4) is 0 Å². The second kappa shape index (κ2) is 10.9. The van der Waals surface area contributed by atoms with Crippen LogP contribution >= 0.6 is 0 Å². The van der Waals surface area contributed by atoms with Gasteiger partial charge in [-0.15, -0.1) is 0 Å². The zero-order valence-corrected chi connectivity index (χ0v) is 20.2. The first-order valence-electron chi connectivity index (χ1n) is 11.8. The number of carbonyl (C=O) groups excluding carboxylic acids is 1. The molecule has 0 bridgehead atoms. The summed E-state index contributed by atoms with van der Waals surface area (Å²) >= 11 is 0. The summed E-state index contributed by atoms with van der Waals surface area (Å²) in [6.07, 6.45) is -4.14. The van der Waals surface area contributed by atoms with Gasteiger partial charge in [0.05, 0.1) is 0 Å². The molecule has 4 aromatic carbocycles. The molecule has 0 spiro atoms. The quantitative estimate of drug-likeness (QED) is 0.278. The SMILES string of the molecule is N[C@@]1(c2ccccc2)C[C@H]1c1ccc(NC(=O)c2ccc(-c3ccccc3)cc2)cc1.O=C(O)C(F)(F)F. The number of nitrogens with one attached hydrogen (secondary N) is 1. The minimum absolute atomic E-state index is 0.115. The fourth-order valence-corrected chi connectivity index (χ4v) is 4.21. The molecule has 194 valence electrons. The summed E-state index contributed by atoms with van der Waals surface area (Å²) in [5.41, 5.74) is 12.4. The van der Waals surface area contributed by atoms with Gasteiger partial charge in [0.2, 0.25) is 0 Å². The molecule has 0 aliphatic heterocycles. The molecule has 1 aliphatic rings. The largest absolute Gasteiger partial charge is 0.490 e. The minimum atomic E-state index is -5.08. The molecule has 1 aliphatic carbocycles. The number of carboxylic acids is 1. The molecule has 5 rings (SSSR count). The first kappa shape index (κ1) is 26.6. The van der Waals surface area contributed by atoms with Crippen molar-refractivity contribution in [3.05, 3.63) is 126 Å². The fraction of sp³-hybridized carbons (Fsp3) is 0.133. The Morgan fingerprint density at radius 1 is 0.789 bits per heavy atom. The summed E-state index contributed by atoms with van der Waals surface area (Å²) in [7, 11) is 0. The Balaban J connectivity index is 0.000000426. The predicted molar refractivity (Wildman–Crippen MR) is 140 cm³/mol. The van der Waals surface area contributed by atoms with Crippen molar-refractivity contribution >= 4 is 17.6 Å². The van der Waals surface area contributed by atoms with Gasteiger partial charge in [0.25, 0.3) is 5.91 Å². The van der Waals surface area contributed by atoms with E-state index in [0.29, 0.717) is 11.5 Å². The van der Waals surface area contributed by atoms with Gasteiger partial charge >= 0.3 is 12.1 Å². The molecule has 0 radical (unpaired) electrons. The monoisotopic (exact) mass is 518 g/mol. The van der Waals surface area contributed by atoms with Crippen LogP contribution < -0.4 is 11.1 Å². The maximum absolute atomic E-state index is 12.7. The Kier molecular flexibility index (Phi) is 7.64. The number of alkyl halides is 3. The molecule has 2 atom stereocenters. The molecule has 0 heterocycles. The van der Waals surface area contributed by atoms with E-state index < -0.39 is 12.1 Å². The Hall–Kier alpha value is -4.43. The highest BCUT2D eigenvalue weighted by Gasteiger charge is 2.52. The van der Waals surface area contributed by atoms with Gasteiger partial charge in [0.15, 0.2) is 0 Å². The van der Waals surface area contributed by atoms with Gasteiger partial charge in [-0.05, 0) is 52.9 Å². The van der Waals surface area contributed by atoms with Crippen molar-refractivity contribution in [3.63, 3.8) is 0 Å². The Morgan fingerprint density at radius 3 is 1.82 bits per heavy atom. The molecule has 38 heavy (non-hydrogen) atoms. The fourth-order valence-electron chi connectivity index (χ4n) is 4.21. The number of halogens is 3. The van der Waals surface area contributed by atoms with E-state index in [-0.39, 0.29) is 11.4 Å². The van der Waals surface area contributed by atoms with E-state index >= 15 is 0 Å². The molecule has 4 N–H and O–H groups in total. The number of anilines is 1. The zero-order chi connectivity index (χ0) is 27.3. The van der Waals surface area contributed by atoms with Crippen LogP contribution in [0.2, 0.25) is 0 Å². The van der Waals surface area contributed by atoms with E-state index in [1.165, 1.54) is 11.1 Å². The summed E-state index contributed by atoms with van der Waals surface area (Å²) < 4.78 is 31.7. The first-order chi connectivity index (χ1) is 18.1. The summed E-state index contributed by atoms with van der Waals surface area (Å²) in [6.45, 7) is 0. The second-order valence-electron chi connectivity index (χ2n) is 8.99. The molecule has 4 aromatic rings. The standard InChI is InChI=1S/C28H24N2O.C2HF3O2/c29-28(24-9-5-2-6-10-24)19-26(28)22-15-17-25(18-16-22)30-27(31)23-13-11-21(12-14-23)20-7-3-1-4-8-20;3-2(4,5)1(6)7/h1-18,26H,19,29H2,(H,30,31);(H,6,7)/t26-,28+;/m0./s1. The van der Waals surface area contributed by atoms with E-state index in [0.717, 1.165) is 23.2 Å². The van der Waals surface area contributed by atoms with Gasteiger partial charge in [-0.3, -0.25) is 4.79 Å². The van der Waals surface area contributed by atoms with E-state index in [4.69, 9.17) is 15.6 Å². The number of aliphatic carboxylic acids is 1. The molecular formula is C30H25F3N2O3. The predicted octanol–water partition coefficient (Wildman–Crippen LogP) is 6.58. The Labute approximate surface area is 217 Å². The van der Waals surface area contributed by atoms with Crippen LogP contribution in [-0.4, -0.2) is 23.2 Å². The average molecular weight is 519 g/mol. The third-order valence-electron chi connectivity index (χ3n) is 6.38. The van der Waals surface area contributed by atoms with Gasteiger partial charge in [0, 0.05) is 22.7 Å². The van der Waals surface area contributed by atoms with Crippen LogP contribution in [-0.2, 0) is 10.3 Å². The van der Waals surface area contributed by atoms with Crippen LogP contribution in [0.4, 0.5) is 18.9 Å². The number of hydrogen-bond acceptors (Lipinski definition) is 3. The minimum Gasteiger partial charge on any atom is -0.475 e. The maximum Gasteiger partial charge on any atom is 0.490 e. The Bertz CT molecular complexity index is 1390. The van der Waals surface area contributed by atoms with Crippen molar-refractivity contribution in [3.8, 4) is 11.1 Å². The lowest BCUT2D eigenvalue weighted by molar-refractivity contribution is -0.192. The van der Waals surface area contributed by atoms with Crippen LogP contribution in [0.5, 0.6) is 0 Å². The van der Waals surface area contributed by atoms with Gasteiger partial charge in [-0.2, -0.15) is 13.2 Å². The van der Waals surface area contributed by atoms with Crippen molar-refractivity contribution in [1.29, 1.82) is 0 Å². The molecule has 0 saturated heterocycles. The number of carbonyl (C=O) groups is 2. The molecule has 1 saturated carbocycles. The van der Waals surface area contributed by atoms with Crippen molar-refractivity contribution in [1.82, 2.24) is 0 Å². The second-order valence-corrected chi connectivity index (χ2v) is 8.99. The number of hydrogen-bond donors (Lipinski definition) is 3. The number of nitrogens with two attached hydrogens (primary N) is 1. The molecule has 0 unspecified atom stereocenters. The van der Waals surface area contributed by atoms with E-state index in [9.17, 15) is 18.0 Å². The highest BCUT2D eigenvalue weighted by molar-refractivity contribution is 6.04. The summed E-state index contributed by atoms with van der Waals surface area (Å²) in [6, 6.07) is 36.1. The van der Waals surface area contributed by atoms with Gasteiger partial charge in [-0.25, -0.2) is 4.79 Å². The van der Waals surface area contributed by atoms with E-state index in [1.807, 2.05) is 72.8 Å². The molecule has 1 fully saturated rings. The van der Waals surface area contributed by atoms with Crippen molar-refractivity contribution in [2.75, 3.05) is 5.32 Å². The van der Waals surface area contributed by atoms with Gasteiger partial charge < -0.3 is 16.2 Å². The zero-order valence-electron chi connectivity index (χ0n) is 20.2. The molecule has 5 nitrogen and oxygen atoms in total. The number of carboxylic acid groups (broad SMARTS) is 1. The van der Waals surface area contributed by atoms with Gasteiger partial charge in [0.1, 0.15) is 0 Å². The normalized spacial score (nSPS) is 18.1. The number of amides is 1. The maximum atomic E-state index is 12.7. The third kappa shape index (κ3) is 6.27. The smallest absolute Gasteiger partial charge is 0.475 e. The van der Waals surface area contributed by atoms with Crippen LogP contribution in [0.1, 0.15) is 33.8 Å². The van der Waals surface area contributed by atoms with E-state index in [2.05, 4.69) is 41.7 Å². The van der Waals surface area contributed by atoms with E-state index in [1.54, 1.807) is 0 Å². The topological polar surface area (TPSA) is 92.4 Å². The van der Waals surface area contributed by atoms with Crippen LogP contribution in [0, 0.1) is 0 Å². The van der Waals surface area contributed by atoms with Crippen molar-refractivity contribution in [2.45, 2.75) is 24.1 Å². The lowest BCUT2D eigenvalue weighted by Crippen LogP contribution is -2.21. The molecule has 8 heteroatoms. The summed E-state index contributed by atoms with van der Waals surface area (Å²) in [5, 5.41) is 10.1. The number of benzene rings is 4. The molecule has 0 aromatic heterocycles. The molecule has 1 amide bonds. The summed E-state index contributed by atoms with van der Waals surface area (Å²) in [5.74, 6) is -2.56. The lowest BCUT2D eigenvalue weighted by atomic mass is 9.99. The summed E-state index contributed by atoms with van der Waals surface area (Å²) in [4.78, 5) is 21.5. The van der Waals surface area contributed by atoms with Crippen LogP contribution in [0.15, 0.2) is 109 Å². The highest BCUT2D eigenvalue weighted by atomic mass is 19.4. The molecular weight excluding hydrogens is 493 g/mol. The first-order valence-corrected chi connectivity index (χ1v) is 11.8. The lowest BCUT2D eigenvalue weighted by Gasteiger charge is -2.13. The average Bonchev–Trinajstić information content (AvgIpc) is 3.62. The third-order valence-corrected chi connectivity index (χ3v) is 6.38. The van der Waals surface area contributed by atoms with Crippen molar-refractivity contribution in [2.24, 2.45) is 5.73 Å². The van der Waals surface area contributed by atoms with Crippen molar-refractivity contribution < 1.29 is 27.9 Å². The highest BCUT2D eigenvalue weighted by Crippen LogP contribution is 2.56.